The van der Waals surface area contributed by atoms with Gasteiger partial charge < -0.3 is 37.9 Å². The van der Waals surface area contributed by atoms with Crippen molar-refractivity contribution in [2.24, 2.45) is 20.4 Å². The Morgan fingerprint density at radius 3 is 0.703 bits per heavy atom. The van der Waals surface area contributed by atoms with E-state index >= 15 is 0 Å². The van der Waals surface area contributed by atoms with Crippen LogP contribution in [0.15, 0.2) is 130 Å². The van der Waals surface area contributed by atoms with E-state index in [2.05, 4.69) is 42.1 Å². The summed E-state index contributed by atoms with van der Waals surface area (Å²) in [4.78, 5) is 47.2. The zero-order valence-electron chi connectivity index (χ0n) is 42.7. The van der Waals surface area contributed by atoms with Crippen LogP contribution in [-0.4, -0.2) is 73.6 Å². The number of carbonyl (C=O) groups excluding carboxylic acids is 4. The van der Waals surface area contributed by atoms with Gasteiger partial charge in [-0.2, -0.15) is 20.4 Å². The Kier molecular flexibility index (Phi) is 22.3. The maximum Gasteiger partial charge on any atom is 0.427 e. The van der Waals surface area contributed by atoms with Gasteiger partial charge in [0.25, 0.3) is 0 Å². The van der Waals surface area contributed by atoms with Gasteiger partial charge in [0.2, 0.25) is 0 Å². The third-order valence-electron chi connectivity index (χ3n) is 10.5. The lowest BCUT2D eigenvalue weighted by atomic mass is 9.99. The van der Waals surface area contributed by atoms with Crippen molar-refractivity contribution in [3.8, 4) is 23.0 Å². The molecule has 74 heavy (non-hydrogen) atoms. The van der Waals surface area contributed by atoms with Crippen molar-refractivity contribution in [2.75, 3.05) is 26.4 Å². The van der Waals surface area contributed by atoms with Crippen LogP contribution in [0.25, 0.3) is 0 Å². The van der Waals surface area contributed by atoms with Gasteiger partial charge in [-0.1, -0.05) is 0 Å². The number of hydrazone groups is 4. The van der Waals surface area contributed by atoms with Crippen LogP contribution < -0.4 is 40.7 Å². The zero-order valence-corrected chi connectivity index (χ0v) is 42.7. The van der Waals surface area contributed by atoms with Crippen molar-refractivity contribution in [3.05, 3.63) is 154 Å². The molecule has 0 unspecified atom stereocenters. The summed E-state index contributed by atoms with van der Waals surface area (Å²) in [7, 11) is 0. The predicted molar refractivity (Wildman–Crippen MR) is 279 cm³/mol. The molecular formula is C54H62N8O12. The summed E-state index contributed by atoms with van der Waals surface area (Å²) >= 11 is 0. The summed E-state index contributed by atoms with van der Waals surface area (Å²) in [6.07, 6.45) is -2.58. The predicted octanol–water partition coefficient (Wildman–Crippen LogP) is 9.88. The molecule has 0 saturated heterocycles. The maximum atomic E-state index is 11.8. The molecule has 0 spiro atoms. The summed E-state index contributed by atoms with van der Waals surface area (Å²) in [5, 5.41) is 16.5. The second-order valence-electron chi connectivity index (χ2n) is 15.8. The number of nitrogens with zero attached hydrogens (tertiary/aromatic N) is 4. The molecule has 0 bridgehead atoms. The first-order valence-electron chi connectivity index (χ1n) is 23.7. The highest BCUT2D eigenvalue weighted by molar-refractivity contribution is 6.01. The molecule has 0 aliphatic heterocycles. The average Bonchev–Trinajstić information content (AvgIpc) is 3.41. The average molecular weight is 1020 g/mol. The first-order valence-corrected chi connectivity index (χ1v) is 23.7. The minimum Gasteiger partial charge on any atom is -0.489 e. The van der Waals surface area contributed by atoms with Crippen LogP contribution in [0, 0.1) is 0 Å². The SMILES string of the molecule is CCOC(=O)N/N=C(\C)c1ccc(OCc2cc(COc3ccc(/C(C)=N/NC(=O)OCC)cc3)c(COc3ccc(/C(C)=N/NC(=O)OCC)cc3)cc2COc2ccc(/C(C)=N/NC(=O)OCC)cc2)cc1. The lowest BCUT2D eigenvalue weighted by Gasteiger charge is -2.19. The molecular weight excluding hydrogens is 953 g/mol. The quantitative estimate of drug-likeness (QED) is 0.0257. The van der Waals surface area contributed by atoms with Gasteiger partial charge in [0.05, 0.1) is 49.3 Å². The van der Waals surface area contributed by atoms with Crippen molar-refractivity contribution < 1.29 is 57.1 Å². The fourth-order valence-corrected chi connectivity index (χ4v) is 6.57. The fourth-order valence-electron chi connectivity index (χ4n) is 6.57. The number of nitrogens with one attached hydrogen (secondary N) is 4. The largest absolute Gasteiger partial charge is 0.489 e. The van der Waals surface area contributed by atoms with Crippen LogP contribution in [0.5, 0.6) is 23.0 Å². The topological polar surface area (TPSA) is 240 Å². The summed E-state index contributed by atoms with van der Waals surface area (Å²) in [6, 6.07) is 33.2. The van der Waals surface area contributed by atoms with Gasteiger partial charge in [0.1, 0.15) is 49.4 Å². The first-order chi connectivity index (χ1) is 35.8. The monoisotopic (exact) mass is 1010 g/mol. The van der Waals surface area contributed by atoms with Crippen molar-refractivity contribution in [1.29, 1.82) is 0 Å². The molecule has 5 rings (SSSR count). The van der Waals surface area contributed by atoms with Gasteiger partial charge in [-0.25, -0.2) is 40.9 Å². The first kappa shape index (κ1) is 56.0. The second-order valence-corrected chi connectivity index (χ2v) is 15.8. The summed E-state index contributed by atoms with van der Waals surface area (Å²) in [5.41, 5.74) is 18.1. The summed E-state index contributed by atoms with van der Waals surface area (Å²) < 4.78 is 45.2. The lowest BCUT2D eigenvalue weighted by Crippen LogP contribution is -2.20. The third kappa shape index (κ3) is 18.3. The van der Waals surface area contributed by atoms with E-state index in [0.29, 0.717) is 45.8 Å². The Morgan fingerprint density at radius 1 is 0.338 bits per heavy atom. The molecule has 20 nitrogen and oxygen atoms in total. The Balaban J connectivity index is 1.45. The van der Waals surface area contributed by atoms with Crippen LogP contribution in [-0.2, 0) is 45.4 Å². The second kappa shape index (κ2) is 29.4. The fraction of sp³-hybridized carbons (Fsp3) is 0.296. The molecule has 0 aromatic heterocycles. The highest BCUT2D eigenvalue weighted by Crippen LogP contribution is 2.26. The van der Waals surface area contributed by atoms with Crippen LogP contribution in [0.1, 0.15) is 99.9 Å². The molecule has 4 N–H and O–H groups in total. The van der Waals surface area contributed by atoms with E-state index in [9.17, 15) is 19.2 Å². The van der Waals surface area contributed by atoms with E-state index in [0.717, 1.165) is 44.5 Å². The molecule has 5 aromatic rings. The van der Waals surface area contributed by atoms with Crippen LogP contribution in [0.3, 0.4) is 0 Å². The molecule has 0 saturated carbocycles. The molecule has 0 atom stereocenters. The summed E-state index contributed by atoms with van der Waals surface area (Å²) in [6.45, 7) is 15.4. The molecule has 0 aliphatic rings. The van der Waals surface area contributed by atoms with E-state index in [-0.39, 0.29) is 52.9 Å². The number of amides is 4. The molecule has 0 aliphatic carbocycles. The molecule has 0 heterocycles. The molecule has 20 heteroatoms. The van der Waals surface area contributed by atoms with Gasteiger partial charge in [0, 0.05) is 0 Å². The number of ether oxygens (including phenoxy) is 8. The number of rotatable bonds is 24. The van der Waals surface area contributed by atoms with Crippen molar-refractivity contribution in [3.63, 3.8) is 0 Å². The van der Waals surface area contributed by atoms with Crippen LogP contribution in [0.4, 0.5) is 19.2 Å². The Morgan fingerprint density at radius 2 is 0.527 bits per heavy atom. The summed E-state index contributed by atoms with van der Waals surface area (Å²) in [5.74, 6) is 2.33. The number of benzene rings is 5. The highest BCUT2D eigenvalue weighted by atomic mass is 16.6. The van der Waals surface area contributed by atoms with Crippen molar-refractivity contribution >= 4 is 47.2 Å². The maximum absolute atomic E-state index is 11.8. The van der Waals surface area contributed by atoms with Crippen molar-refractivity contribution in [2.45, 2.75) is 81.8 Å². The standard InChI is InChI=1S/C54H62N8O12/c1-9-67-51(63)59-55-35(5)39-13-21-47(22-14-39)71-31-43-29-45(33-73-49-25-17-41(18-26-49)37(7)57-61-53(65)69-11-3)46(34-74-50-27-19-42(20-28-50)38(8)58-62-54(66)70-12-4)30-44(43)32-72-48-23-15-40(16-24-48)36(6)56-60-52(64)68-10-2/h13-30H,9-12,31-34H2,1-8H3,(H,59,63)(H,60,64)(H,61,65)(H,62,66)/b55-35+,56-36+,57-37+,58-38+. The molecule has 5 aromatic carbocycles. The van der Waals surface area contributed by atoms with Gasteiger partial charge in [0.15, 0.2) is 0 Å². The highest BCUT2D eigenvalue weighted by Gasteiger charge is 2.16. The number of hydrogen-bond donors (Lipinski definition) is 4. The third-order valence-corrected chi connectivity index (χ3v) is 10.5. The van der Waals surface area contributed by atoms with Gasteiger partial charge in [-0.3, -0.25) is 0 Å². The van der Waals surface area contributed by atoms with E-state index in [1.807, 2.05) is 109 Å². The molecule has 4 amide bonds. The smallest absolute Gasteiger partial charge is 0.427 e. The van der Waals surface area contributed by atoms with E-state index in [4.69, 9.17) is 37.9 Å². The van der Waals surface area contributed by atoms with Crippen LogP contribution in [0.2, 0.25) is 0 Å². The number of hydrogen-bond acceptors (Lipinski definition) is 16. The molecule has 0 fully saturated rings. The van der Waals surface area contributed by atoms with E-state index < -0.39 is 24.4 Å². The zero-order chi connectivity index (χ0) is 53.2. The van der Waals surface area contributed by atoms with Gasteiger partial charge in [-0.15, -0.1) is 0 Å². The van der Waals surface area contributed by atoms with Gasteiger partial charge >= 0.3 is 24.4 Å². The van der Waals surface area contributed by atoms with E-state index in [1.54, 1.807) is 55.4 Å². The Labute approximate surface area is 430 Å². The Hall–Kier alpha value is -8.94. The minimum absolute atomic E-state index is 0.145. The molecule has 0 radical (unpaired) electrons. The minimum atomic E-state index is -0.644. The van der Waals surface area contributed by atoms with Crippen LogP contribution >= 0.6 is 0 Å². The van der Waals surface area contributed by atoms with Gasteiger partial charge in [-0.05, 0) is 209 Å². The number of carbonyl (C=O) groups is 4. The Bertz CT molecular complexity index is 2400. The van der Waals surface area contributed by atoms with E-state index in [1.165, 1.54) is 0 Å². The van der Waals surface area contributed by atoms with Crippen molar-refractivity contribution in [1.82, 2.24) is 21.7 Å². The normalized spacial score (nSPS) is 11.7. The lowest BCUT2D eigenvalue weighted by molar-refractivity contribution is 0.151. The molecule has 390 valence electrons.